The molecule has 1 amide bonds. The van der Waals surface area contributed by atoms with Crippen molar-refractivity contribution in [1.29, 1.82) is 0 Å². The van der Waals surface area contributed by atoms with Crippen molar-refractivity contribution >= 4 is 17.2 Å². The second-order valence-corrected chi connectivity index (χ2v) is 6.32. The van der Waals surface area contributed by atoms with Crippen LogP contribution in [0.5, 0.6) is 11.5 Å². The first kappa shape index (κ1) is 14.8. The van der Waals surface area contributed by atoms with Gasteiger partial charge in [-0.15, -0.1) is 0 Å². The molecule has 0 fully saturated rings. The number of benzene rings is 2. The van der Waals surface area contributed by atoms with Crippen molar-refractivity contribution in [3.05, 3.63) is 59.2 Å². The van der Waals surface area contributed by atoms with Gasteiger partial charge in [0.2, 0.25) is 0 Å². The quantitative estimate of drug-likeness (QED) is 0.478. The van der Waals surface area contributed by atoms with Gasteiger partial charge in [0.25, 0.3) is 5.91 Å². The van der Waals surface area contributed by atoms with Crippen molar-refractivity contribution in [1.82, 2.24) is 0 Å². The summed E-state index contributed by atoms with van der Waals surface area (Å²) in [4.78, 5) is 12.2. The van der Waals surface area contributed by atoms with Gasteiger partial charge in [0.1, 0.15) is 11.5 Å². The van der Waals surface area contributed by atoms with Gasteiger partial charge in [0.05, 0.1) is 6.10 Å². The van der Waals surface area contributed by atoms with Crippen LogP contribution in [0.25, 0.3) is 5.57 Å². The van der Waals surface area contributed by atoms with Crippen molar-refractivity contribution in [2.24, 2.45) is 5.92 Å². The van der Waals surface area contributed by atoms with Crippen LogP contribution >= 0.6 is 0 Å². The highest BCUT2D eigenvalue weighted by molar-refractivity contribution is 6.31. The fourth-order valence-electron chi connectivity index (χ4n) is 3.52. The molecule has 5 nitrogen and oxygen atoms in total. The lowest BCUT2D eigenvalue weighted by Gasteiger charge is -2.28. The summed E-state index contributed by atoms with van der Waals surface area (Å²) in [6.07, 6.45) is 2.03. The van der Waals surface area contributed by atoms with Gasteiger partial charge in [-0.1, -0.05) is 18.2 Å². The zero-order valence-corrected chi connectivity index (χ0v) is 12.9. The molecule has 1 heterocycles. The van der Waals surface area contributed by atoms with Gasteiger partial charge >= 0.3 is 0 Å². The molecule has 0 bridgehead atoms. The van der Waals surface area contributed by atoms with Crippen LogP contribution in [0.1, 0.15) is 16.7 Å². The Hall–Kier alpha value is -2.79. The standard InChI is InChI=1S/C19H17NO4/c21-12-4-5-16-14(9-12)15(19(24)20-16)7-11-6-13-10(8-18(11)23)2-1-3-17(13)22/h1-5,7,9,11,18,21-23H,6,8H2,(H,20,24). The third-order valence-corrected chi connectivity index (χ3v) is 4.78. The number of carbonyl (C=O) groups is 1. The van der Waals surface area contributed by atoms with Crippen LogP contribution in [0.15, 0.2) is 42.5 Å². The SMILES string of the molecule is O=C1Nc2ccc(O)cc2C1=CC1Cc2c(O)cccc2CC1O. The van der Waals surface area contributed by atoms with E-state index in [0.717, 1.165) is 11.1 Å². The zero-order valence-electron chi connectivity index (χ0n) is 12.9. The molecule has 2 aromatic carbocycles. The van der Waals surface area contributed by atoms with E-state index in [0.29, 0.717) is 29.7 Å². The van der Waals surface area contributed by atoms with Crippen LogP contribution in [0.3, 0.4) is 0 Å². The smallest absolute Gasteiger partial charge is 0.256 e. The van der Waals surface area contributed by atoms with Crippen LogP contribution in [0.4, 0.5) is 5.69 Å². The summed E-state index contributed by atoms with van der Waals surface area (Å²) < 4.78 is 0. The number of anilines is 1. The molecule has 0 aromatic heterocycles. The van der Waals surface area contributed by atoms with Gasteiger partial charge in [0.15, 0.2) is 0 Å². The fourth-order valence-corrected chi connectivity index (χ4v) is 3.52. The van der Waals surface area contributed by atoms with Crippen LogP contribution in [0.2, 0.25) is 0 Å². The molecule has 0 saturated heterocycles. The highest BCUT2D eigenvalue weighted by Crippen LogP contribution is 2.38. The lowest BCUT2D eigenvalue weighted by molar-refractivity contribution is -0.110. The molecular weight excluding hydrogens is 306 g/mol. The summed E-state index contributed by atoms with van der Waals surface area (Å²) in [6.45, 7) is 0. The highest BCUT2D eigenvalue weighted by atomic mass is 16.3. The second-order valence-electron chi connectivity index (χ2n) is 6.32. The molecule has 0 radical (unpaired) electrons. The van der Waals surface area contributed by atoms with E-state index in [1.54, 1.807) is 30.3 Å². The molecule has 0 saturated carbocycles. The summed E-state index contributed by atoms with van der Waals surface area (Å²) in [7, 11) is 0. The van der Waals surface area contributed by atoms with E-state index < -0.39 is 6.10 Å². The minimum Gasteiger partial charge on any atom is -0.508 e. The summed E-state index contributed by atoms with van der Waals surface area (Å²) >= 11 is 0. The van der Waals surface area contributed by atoms with Crippen molar-refractivity contribution in [2.45, 2.75) is 18.9 Å². The van der Waals surface area contributed by atoms with E-state index >= 15 is 0 Å². The summed E-state index contributed by atoms with van der Waals surface area (Å²) in [5.41, 5.74) is 3.49. The van der Waals surface area contributed by atoms with E-state index in [4.69, 9.17) is 0 Å². The predicted molar refractivity (Wildman–Crippen MR) is 89.7 cm³/mol. The average Bonchev–Trinajstić information content (AvgIpc) is 2.84. The first-order valence-corrected chi connectivity index (χ1v) is 7.87. The van der Waals surface area contributed by atoms with Crippen LogP contribution in [-0.4, -0.2) is 27.3 Å². The monoisotopic (exact) mass is 323 g/mol. The van der Waals surface area contributed by atoms with Gasteiger partial charge in [-0.25, -0.2) is 0 Å². The topological polar surface area (TPSA) is 89.8 Å². The molecule has 2 atom stereocenters. The summed E-state index contributed by atoms with van der Waals surface area (Å²) in [6, 6.07) is 10.0. The second kappa shape index (κ2) is 5.39. The molecule has 2 aliphatic rings. The Morgan fingerprint density at radius 3 is 2.79 bits per heavy atom. The predicted octanol–water partition coefficient (Wildman–Crippen LogP) is 2.21. The Morgan fingerprint density at radius 2 is 1.96 bits per heavy atom. The van der Waals surface area contributed by atoms with Gasteiger partial charge in [-0.05, 0) is 48.2 Å². The molecule has 0 spiro atoms. The number of hydrogen-bond donors (Lipinski definition) is 4. The number of phenols is 2. The molecule has 122 valence electrons. The van der Waals surface area contributed by atoms with Crippen molar-refractivity contribution < 1.29 is 20.1 Å². The number of fused-ring (bicyclic) bond motifs is 2. The number of hydrogen-bond acceptors (Lipinski definition) is 4. The van der Waals surface area contributed by atoms with Gasteiger partial charge in [-0.3, -0.25) is 4.79 Å². The van der Waals surface area contributed by atoms with Gasteiger partial charge in [-0.2, -0.15) is 0 Å². The number of nitrogens with one attached hydrogen (secondary N) is 1. The number of carbonyl (C=O) groups excluding carboxylic acids is 1. The third-order valence-electron chi connectivity index (χ3n) is 4.78. The zero-order chi connectivity index (χ0) is 16.8. The van der Waals surface area contributed by atoms with Gasteiger partial charge in [0, 0.05) is 22.7 Å². The number of aromatic hydroxyl groups is 2. The first-order valence-electron chi connectivity index (χ1n) is 7.87. The van der Waals surface area contributed by atoms with Gasteiger partial charge < -0.3 is 20.6 Å². The van der Waals surface area contributed by atoms with E-state index in [1.165, 1.54) is 6.07 Å². The average molecular weight is 323 g/mol. The minimum absolute atomic E-state index is 0.0864. The molecule has 24 heavy (non-hydrogen) atoms. The highest BCUT2D eigenvalue weighted by Gasteiger charge is 2.31. The van der Waals surface area contributed by atoms with E-state index in [1.807, 2.05) is 6.07 Å². The number of amides is 1. The number of rotatable bonds is 1. The Balaban J connectivity index is 1.73. The molecule has 2 aromatic rings. The Labute approximate surface area is 138 Å². The first-order chi connectivity index (χ1) is 11.5. The van der Waals surface area contributed by atoms with E-state index in [2.05, 4.69) is 5.32 Å². The Kier molecular flexibility index (Phi) is 3.32. The minimum atomic E-state index is -0.624. The molecular formula is C19H17NO4. The third kappa shape index (κ3) is 2.34. The fraction of sp³-hybridized carbons (Fsp3) is 0.211. The molecule has 2 unspecified atom stereocenters. The largest absolute Gasteiger partial charge is 0.508 e. The maximum atomic E-state index is 12.2. The number of aliphatic hydroxyl groups is 1. The van der Waals surface area contributed by atoms with E-state index in [-0.39, 0.29) is 23.3 Å². The molecule has 1 aliphatic carbocycles. The lowest BCUT2D eigenvalue weighted by atomic mass is 9.80. The Morgan fingerprint density at radius 1 is 1.12 bits per heavy atom. The maximum Gasteiger partial charge on any atom is 0.256 e. The normalized spacial score (nSPS) is 23.7. The van der Waals surface area contributed by atoms with Crippen LogP contribution < -0.4 is 5.32 Å². The molecule has 1 aliphatic heterocycles. The molecule has 4 rings (SSSR count). The van der Waals surface area contributed by atoms with Crippen LogP contribution in [0, 0.1) is 5.92 Å². The Bertz CT molecular complexity index is 872. The number of phenolic OH excluding ortho intramolecular Hbond substituents is 2. The van der Waals surface area contributed by atoms with Crippen LogP contribution in [-0.2, 0) is 17.6 Å². The van der Waals surface area contributed by atoms with E-state index in [9.17, 15) is 20.1 Å². The summed E-state index contributed by atoms with van der Waals surface area (Å²) in [5.74, 6) is -0.217. The van der Waals surface area contributed by atoms with Crippen molar-refractivity contribution in [3.8, 4) is 11.5 Å². The van der Waals surface area contributed by atoms with Crippen molar-refractivity contribution in [3.63, 3.8) is 0 Å². The number of aliphatic hydroxyl groups excluding tert-OH is 1. The molecule has 5 heteroatoms. The lowest BCUT2D eigenvalue weighted by Crippen LogP contribution is -2.29. The maximum absolute atomic E-state index is 12.2. The van der Waals surface area contributed by atoms with Crippen molar-refractivity contribution in [2.75, 3.05) is 5.32 Å². The summed E-state index contributed by atoms with van der Waals surface area (Å²) in [5, 5.41) is 32.9. The molecule has 4 N–H and O–H groups in total.